The molecule has 6 nitrogen and oxygen atoms in total. The molecule has 9 heteroatoms. The third-order valence-electron chi connectivity index (χ3n) is 2.89. The molecule has 0 bridgehead atoms. The van der Waals surface area contributed by atoms with Crippen molar-refractivity contribution in [3.8, 4) is 5.75 Å². The van der Waals surface area contributed by atoms with E-state index in [0.29, 0.717) is 11.6 Å². The molecule has 146 valence electrons. The summed E-state index contributed by atoms with van der Waals surface area (Å²) in [6.45, 7) is 8.24. The summed E-state index contributed by atoms with van der Waals surface area (Å²) in [7, 11) is -4.08. The predicted octanol–water partition coefficient (Wildman–Crippen LogP) is 3.17. The second-order valence-electron chi connectivity index (χ2n) is 6.44. The van der Waals surface area contributed by atoms with Crippen molar-refractivity contribution in [2.24, 2.45) is 0 Å². The van der Waals surface area contributed by atoms with Crippen molar-refractivity contribution < 1.29 is 27.1 Å². The summed E-state index contributed by atoms with van der Waals surface area (Å²) in [5, 5.41) is 0. The van der Waals surface area contributed by atoms with Gasteiger partial charge in [-0.3, -0.25) is 4.79 Å². The number of benzene rings is 1. The van der Waals surface area contributed by atoms with Crippen LogP contribution in [0, 0.1) is 0 Å². The van der Waals surface area contributed by atoms with Crippen molar-refractivity contribution >= 4 is 27.6 Å². The van der Waals surface area contributed by atoms with E-state index < -0.39 is 39.9 Å². The fraction of sp³-hybridized carbons (Fsp3) is 0.471. The number of rotatable bonds is 9. The van der Waals surface area contributed by atoms with Crippen molar-refractivity contribution in [3.63, 3.8) is 0 Å². The van der Waals surface area contributed by atoms with Gasteiger partial charge in [-0.1, -0.05) is 6.58 Å². The molecule has 0 aliphatic heterocycles. The maximum Gasteiger partial charge on any atom is 0.325 e. The van der Waals surface area contributed by atoms with Crippen LogP contribution in [0.15, 0.2) is 41.6 Å². The molecule has 26 heavy (non-hydrogen) atoms. The van der Waals surface area contributed by atoms with Crippen molar-refractivity contribution in [1.29, 1.82) is 0 Å². The molecule has 1 rings (SSSR count). The van der Waals surface area contributed by atoms with E-state index in [1.165, 1.54) is 24.3 Å². The quantitative estimate of drug-likeness (QED) is 0.502. The number of alkyl halides is 1. The van der Waals surface area contributed by atoms with Gasteiger partial charge < -0.3 is 9.47 Å². The van der Waals surface area contributed by atoms with Crippen LogP contribution in [0.3, 0.4) is 0 Å². The normalized spacial score (nSPS) is 13.1. The van der Waals surface area contributed by atoms with Crippen LogP contribution in [0.2, 0.25) is 0 Å². The van der Waals surface area contributed by atoms with Gasteiger partial charge >= 0.3 is 5.97 Å². The fourth-order valence-corrected chi connectivity index (χ4v) is 3.16. The molecule has 0 fully saturated rings. The number of ether oxygens (including phenoxy) is 2. The van der Waals surface area contributed by atoms with Gasteiger partial charge in [0.2, 0.25) is 10.0 Å². The van der Waals surface area contributed by atoms with Crippen LogP contribution in [0.5, 0.6) is 5.75 Å². The first kappa shape index (κ1) is 22.4. The molecule has 0 spiro atoms. The first-order valence-corrected chi connectivity index (χ1v) is 9.83. The van der Waals surface area contributed by atoms with Crippen molar-refractivity contribution in [2.75, 3.05) is 12.5 Å². The van der Waals surface area contributed by atoms with Crippen molar-refractivity contribution in [1.82, 2.24) is 4.72 Å². The number of carbonyl (C=O) groups is 1. The Hall–Kier alpha value is -1.64. The third-order valence-corrected chi connectivity index (χ3v) is 4.54. The number of halogens is 2. The lowest BCUT2D eigenvalue weighted by atomic mass is 10.1. The molecule has 0 amide bonds. The van der Waals surface area contributed by atoms with Crippen LogP contribution in [-0.2, 0) is 19.6 Å². The molecule has 0 aliphatic carbocycles. The van der Waals surface area contributed by atoms with Gasteiger partial charge in [-0.05, 0) is 45.0 Å². The van der Waals surface area contributed by atoms with Gasteiger partial charge in [-0.25, -0.2) is 12.8 Å². The van der Waals surface area contributed by atoms with E-state index in [1.807, 2.05) is 0 Å². The number of sulfonamides is 1. The highest BCUT2D eigenvalue weighted by Crippen LogP contribution is 2.19. The lowest BCUT2D eigenvalue weighted by Crippen LogP contribution is -2.44. The number of nitrogens with one attached hydrogen (secondary N) is 1. The summed E-state index contributed by atoms with van der Waals surface area (Å²) >= 11 is 5.52. The van der Waals surface area contributed by atoms with Crippen LogP contribution in [0.4, 0.5) is 4.39 Å². The van der Waals surface area contributed by atoms with E-state index in [0.717, 1.165) is 0 Å². The molecule has 1 atom stereocenters. The highest BCUT2D eigenvalue weighted by Gasteiger charge is 2.30. The van der Waals surface area contributed by atoms with Gasteiger partial charge in [0, 0.05) is 6.42 Å². The molecule has 0 saturated heterocycles. The van der Waals surface area contributed by atoms with Crippen LogP contribution in [0.1, 0.15) is 27.2 Å². The zero-order chi connectivity index (χ0) is 20.0. The largest absolute Gasteiger partial charge is 0.492 e. The first-order chi connectivity index (χ1) is 11.9. The molecule has 0 aromatic heterocycles. The minimum atomic E-state index is -4.08. The smallest absolute Gasteiger partial charge is 0.325 e. The highest BCUT2D eigenvalue weighted by atomic mass is 35.5. The summed E-state index contributed by atoms with van der Waals surface area (Å²) in [6, 6.07) is 4.10. The Kier molecular flexibility index (Phi) is 8.05. The average molecular weight is 408 g/mol. The summed E-state index contributed by atoms with van der Waals surface area (Å²) in [4.78, 5) is 12.1. The number of esters is 1. The molecular formula is C17H23ClFNO5S. The van der Waals surface area contributed by atoms with E-state index in [9.17, 15) is 17.6 Å². The zero-order valence-corrected chi connectivity index (χ0v) is 16.5. The summed E-state index contributed by atoms with van der Waals surface area (Å²) in [6.07, 6.45) is -0.523. The Morgan fingerprint density at radius 2 is 1.88 bits per heavy atom. The molecule has 0 unspecified atom stereocenters. The van der Waals surface area contributed by atoms with Crippen LogP contribution >= 0.6 is 11.6 Å². The number of hydrogen-bond acceptors (Lipinski definition) is 5. The molecule has 1 aromatic rings. The minimum absolute atomic E-state index is 0.103. The molecule has 1 N–H and O–H groups in total. The van der Waals surface area contributed by atoms with Gasteiger partial charge in [-0.15, -0.1) is 11.6 Å². The Labute approximate surface area is 158 Å². The van der Waals surface area contributed by atoms with Crippen LogP contribution < -0.4 is 9.46 Å². The topological polar surface area (TPSA) is 81.7 Å². The third kappa shape index (κ3) is 7.72. The average Bonchev–Trinajstić information content (AvgIpc) is 2.50. The van der Waals surface area contributed by atoms with Gasteiger partial charge in [0.05, 0.1) is 16.6 Å². The highest BCUT2D eigenvalue weighted by molar-refractivity contribution is 7.89. The Bertz CT molecular complexity index is 729. The maximum atomic E-state index is 13.2. The Morgan fingerprint density at radius 1 is 1.31 bits per heavy atom. The Balaban J connectivity index is 2.97. The van der Waals surface area contributed by atoms with Crippen molar-refractivity contribution in [3.05, 3.63) is 36.7 Å². The molecule has 0 heterocycles. The SMILES string of the molecule is C=C(F)C[C@@H](NS(=O)(=O)c1ccc(OCCCl)cc1)C(=O)OC(C)(C)C. The van der Waals surface area contributed by atoms with Gasteiger partial charge in [0.25, 0.3) is 0 Å². The number of hydrogen-bond donors (Lipinski definition) is 1. The van der Waals surface area contributed by atoms with Crippen LogP contribution in [-0.4, -0.2) is 38.5 Å². The number of carbonyl (C=O) groups excluding carboxylic acids is 1. The lowest BCUT2D eigenvalue weighted by molar-refractivity contribution is -0.157. The maximum absolute atomic E-state index is 13.2. The molecular weight excluding hydrogens is 385 g/mol. The summed E-state index contributed by atoms with van der Waals surface area (Å²) in [5.74, 6) is -0.979. The fourth-order valence-electron chi connectivity index (χ4n) is 1.89. The summed E-state index contributed by atoms with van der Waals surface area (Å²) < 4.78 is 50.8. The van der Waals surface area contributed by atoms with E-state index in [4.69, 9.17) is 21.1 Å². The molecule has 1 aromatic carbocycles. The lowest BCUT2D eigenvalue weighted by Gasteiger charge is -2.24. The summed E-state index contributed by atoms with van der Waals surface area (Å²) in [5.41, 5.74) is -0.847. The van der Waals surface area contributed by atoms with Gasteiger partial charge in [0.15, 0.2) is 0 Å². The Morgan fingerprint density at radius 3 is 2.35 bits per heavy atom. The zero-order valence-electron chi connectivity index (χ0n) is 14.9. The van der Waals surface area contributed by atoms with E-state index in [2.05, 4.69) is 11.3 Å². The second-order valence-corrected chi connectivity index (χ2v) is 8.53. The van der Waals surface area contributed by atoms with Gasteiger partial charge in [-0.2, -0.15) is 4.72 Å². The molecule has 0 radical (unpaired) electrons. The van der Waals surface area contributed by atoms with Crippen LogP contribution in [0.25, 0.3) is 0 Å². The predicted molar refractivity (Wildman–Crippen MR) is 97.5 cm³/mol. The molecule has 0 aliphatic rings. The standard InChI is InChI=1S/C17H23ClFNO5S/c1-12(19)11-15(16(21)25-17(2,3)4)20-26(22,23)14-7-5-13(6-8-14)24-10-9-18/h5-8,15,20H,1,9-11H2,2-4H3/t15-/m1/s1. The monoisotopic (exact) mass is 407 g/mol. The van der Waals surface area contributed by atoms with E-state index >= 15 is 0 Å². The minimum Gasteiger partial charge on any atom is -0.492 e. The molecule has 0 saturated carbocycles. The van der Waals surface area contributed by atoms with Crippen molar-refractivity contribution in [2.45, 2.75) is 43.7 Å². The first-order valence-electron chi connectivity index (χ1n) is 7.82. The van der Waals surface area contributed by atoms with Gasteiger partial charge in [0.1, 0.15) is 24.0 Å². The van der Waals surface area contributed by atoms with E-state index in [-0.39, 0.29) is 11.5 Å². The van der Waals surface area contributed by atoms with E-state index in [1.54, 1.807) is 20.8 Å². The second kappa shape index (κ2) is 9.34.